The van der Waals surface area contributed by atoms with Crippen LogP contribution >= 0.6 is 0 Å². The molecule has 7 nitrogen and oxygen atoms in total. The van der Waals surface area contributed by atoms with Crippen LogP contribution in [0.1, 0.15) is 24.1 Å². The van der Waals surface area contributed by atoms with Crippen LogP contribution in [0, 0.1) is 18.8 Å². The van der Waals surface area contributed by atoms with Crippen molar-refractivity contribution in [3.63, 3.8) is 0 Å². The Bertz CT molecular complexity index is 1260. The molecule has 0 unspecified atom stereocenters. The van der Waals surface area contributed by atoms with E-state index in [0.29, 0.717) is 29.5 Å². The smallest absolute Gasteiger partial charge is 0.249 e. The zero-order valence-corrected chi connectivity index (χ0v) is 17.0. The van der Waals surface area contributed by atoms with E-state index in [-0.39, 0.29) is 11.8 Å². The van der Waals surface area contributed by atoms with Gasteiger partial charge in [0.2, 0.25) is 17.8 Å². The minimum atomic E-state index is -0.501. The molecule has 5 rings (SSSR count). The summed E-state index contributed by atoms with van der Waals surface area (Å²) >= 11 is 0. The molecule has 1 aliphatic carbocycles. The first-order chi connectivity index (χ1) is 15.1. The van der Waals surface area contributed by atoms with Crippen molar-refractivity contribution in [2.24, 2.45) is 5.92 Å². The molecule has 31 heavy (non-hydrogen) atoms. The van der Waals surface area contributed by atoms with E-state index in [9.17, 15) is 9.18 Å². The number of halogens is 1. The highest BCUT2D eigenvalue weighted by atomic mass is 19.1. The fourth-order valence-corrected chi connectivity index (χ4v) is 3.38. The van der Waals surface area contributed by atoms with Crippen LogP contribution in [-0.2, 0) is 11.3 Å². The third kappa shape index (κ3) is 4.09. The van der Waals surface area contributed by atoms with Crippen molar-refractivity contribution in [3.05, 3.63) is 71.8 Å². The van der Waals surface area contributed by atoms with Crippen LogP contribution in [0.5, 0.6) is 0 Å². The maximum Gasteiger partial charge on any atom is 0.249 e. The van der Waals surface area contributed by atoms with Crippen LogP contribution in [0.15, 0.2) is 54.6 Å². The van der Waals surface area contributed by atoms with Crippen molar-refractivity contribution >= 4 is 23.2 Å². The van der Waals surface area contributed by atoms with Crippen molar-refractivity contribution in [1.29, 1.82) is 0 Å². The molecule has 3 aromatic heterocycles. The Morgan fingerprint density at radius 2 is 1.90 bits per heavy atom. The van der Waals surface area contributed by atoms with Gasteiger partial charge in [-0.15, -0.1) is 5.10 Å². The Kier molecular flexibility index (Phi) is 4.82. The molecule has 1 aliphatic rings. The Balaban J connectivity index is 1.34. The number of nitrogens with zero attached hydrogens (tertiary/aromatic N) is 4. The molecule has 0 saturated heterocycles. The fraction of sp³-hybridized carbons (Fsp3) is 0.217. The minimum absolute atomic E-state index is 0.0190. The van der Waals surface area contributed by atoms with E-state index < -0.39 is 5.95 Å². The number of nitrogens with one attached hydrogen (secondary N) is 2. The number of aromatic nitrogens is 4. The van der Waals surface area contributed by atoms with Crippen LogP contribution in [0.3, 0.4) is 0 Å². The molecule has 4 aromatic rings. The number of amides is 1. The third-order valence-corrected chi connectivity index (χ3v) is 5.26. The summed E-state index contributed by atoms with van der Waals surface area (Å²) in [5, 5.41) is 10.3. The number of hydrogen-bond acceptors (Lipinski definition) is 5. The summed E-state index contributed by atoms with van der Waals surface area (Å²) in [6.45, 7) is 2.23. The molecule has 0 radical (unpaired) electrons. The average Bonchev–Trinajstić information content (AvgIpc) is 3.53. The summed E-state index contributed by atoms with van der Waals surface area (Å²) < 4.78 is 15.6. The Labute approximate surface area is 178 Å². The molecule has 8 heteroatoms. The lowest BCUT2D eigenvalue weighted by molar-refractivity contribution is -0.117. The molecule has 0 atom stereocenters. The predicted octanol–water partition coefficient (Wildman–Crippen LogP) is 4.20. The van der Waals surface area contributed by atoms with E-state index in [1.165, 1.54) is 0 Å². The summed E-state index contributed by atoms with van der Waals surface area (Å²) in [5.74, 6) is -0.108. The SMILES string of the molecule is Cc1ccc(NCc2ccc(-c3cccc4nc(NC(=O)C5CC5)nn34)cc2)c(F)n1. The average molecular weight is 416 g/mol. The summed E-state index contributed by atoms with van der Waals surface area (Å²) in [6.07, 6.45) is 1.86. The van der Waals surface area contributed by atoms with E-state index in [1.54, 1.807) is 23.6 Å². The molecule has 0 aliphatic heterocycles. The van der Waals surface area contributed by atoms with Gasteiger partial charge < -0.3 is 5.32 Å². The van der Waals surface area contributed by atoms with Crippen LogP contribution in [-0.4, -0.2) is 25.5 Å². The fourth-order valence-electron chi connectivity index (χ4n) is 3.38. The Hall–Kier alpha value is -3.81. The van der Waals surface area contributed by atoms with Gasteiger partial charge in [-0.1, -0.05) is 30.3 Å². The van der Waals surface area contributed by atoms with E-state index in [0.717, 1.165) is 29.7 Å². The first-order valence-electron chi connectivity index (χ1n) is 10.2. The zero-order chi connectivity index (χ0) is 21.4. The minimum Gasteiger partial charge on any atom is -0.377 e. The molecule has 3 heterocycles. The van der Waals surface area contributed by atoms with Gasteiger partial charge in [-0.2, -0.15) is 9.37 Å². The summed E-state index contributed by atoms with van der Waals surface area (Å²) in [5.41, 5.74) is 4.52. The van der Waals surface area contributed by atoms with Gasteiger partial charge in [0.25, 0.3) is 0 Å². The standard InChI is InChI=1S/C23H21FN6O/c1-14-5-12-18(21(24)26-14)25-13-15-6-8-16(9-7-15)19-3-2-4-20-27-23(29-30(19)20)28-22(31)17-10-11-17/h2-9,12,17,25H,10-11,13H2,1H3,(H,28,29,31). The van der Waals surface area contributed by atoms with Crippen LogP contribution in [0.25, 0.3) is 16.9 Å². The number of rotatable bonds is 6. The second kappa shape index (κ2) is 7.79. The molecule has 156 valence electrons. The van der Waals surface area contributed by atoms with E-state index in [2.05, 4.69) is 25.7 Å². The second-order valence-electron chi connectivity index (χ2n) is 7.72. The highest BCUT2D eigenvalue weighted by Crippen LogP contribution is 2.30. The maximum absolute atomic E-state index is 13.9. The first kappa shape index (κ1) is 19.2. The molecular weight excluding hydrogens is 395 g/mol. The lowest BCUT2D eigenvalue weighted by Crippen LogP contribution is -2.14. The third-order valence-electron chi connectivity index (χ3n) is 5.26. The Morgan fingerprint density at radius 1 is 1.10 bits per heavy atom. The molecule has 1 fully saturated rings. The molecule has 0 bridgehead atoms. The van der Waals surface area contributed by atoms with Gasteiger partial charge in [0.05, 0.1) is 11.4 Å². The number of benzene rings is 1. The second-order valence-corrected chi connectivity index (χ2v) is 7.72. The number of carbonyl (C=O) groups excluding carboxylic acids is 1. The van der Waals surface area contributed by atoms with E-state index in [1.807, 2.05) is 42.5 Å². The number of fused-ring (bicyclic) bond motifs is 1. The van der Waals surface area contributed by atoms with E-state index in [4.69, 9.17) is 0 Å². The van der Waals surface area contributed by atoms with Gasteiger partial charge in [-0.05, 0) is 49.6 Å². The topological polar surface area (TPSA) is 84.2 Å². The lowest BCUT2D eigenvalue weighted by atomic mass is 10.1. The van der Waals surface area contributed by atoms with Gasteiger partial charge in [0.15, 0.2) is 5.65 Å². The quantitative estimate of drug-likeness (QED) is 0.460. The van der Waals surface area contributed by atoms with Gasteiger partial charge in [-0.3, -0.25) is 10.1 Å². The number of hydrogen-bond donors (Lipinski definition) is 2. The summed E-state index contributed by atoms with van der Waals surface area (Å²) in [6, 6.07) is 17.1. The Morgan fingerprint density at radius 3 is 2.65 bits per heavy atom. The molecule has 1 amide bonds. The predicted molar refractivity (Wildman–Crippen MR) is 116 cm³/mol. The molecule has 0 spiro atoms. The first-order valence-corrected chi connectivity index (χ1v) is 10.2. The van der Waals surface area contributed by atoms with E-state index >= 15 is 0 Å². The number of aryl methyl sites for hydroxylation is 1. The normalized spacial score (nSPS) is 13.4. The van der Waals surface area contributed by atoms with Crippen molar-refractivity contribution in [2.75, 3.05) is 10.6 Å². The number of anilines is 2. The maximum atomic E-state index is 13.9. The summed E-state index contributed by atoms with van der Waals surface area (Å²) in [4.78, 5) is 20.3. The van der Waals surface area contributed by atoms with Gasteiger partial charge in [0, 0.05) is 23.7 Å². The highest BCUT2D eigenvalue weighted by molar-refractivity contribution is 5.92. The van der Waals surface area contributed by atoms with Crippen molar-refractivity contribution in [2.45, 2.75) is 26.3 Å². The lowest BCUT2D eigenvalue weighted by Gasteiger charge is -2.09. The number of carbonyl (C=O) groups is 1. The number of pyridine rings is 2. The van der Waals surface area contributed by atoms with Crippen LogP contribution in [0.4, 0.5) is 16.0 Å². The van der Waals surface area contributed by atoms with Gasteiger partial charge in [-0.25, -0.2) is 9.50 Å². The molecular formula is C23H21FN6O. The van der Waals surface area contributed by atoms with Crippen LogP contribution in [0.2, 0.25) is 0 Å². The molecule has 1 aromatic carbocycles. The van der Waals surface area contributed by atoms with Crippen molar-refractivity contribution < 1.29 is 9.18 Å². The monoisotopic (exact) mass is 416 g/mol. The molecule has 1 saturated carbocycles. The van der Waals surface area contributed by atoms with Gasteiger partial charge in [0.1, 0.15) is 0 Å². The summed E-state index contributed by atoms with van der Waals surface area (Å²) in [7, 11) is 0. The van der Waals surface area contributed by atoms with Crippen molar-refractivity contribution in [3.8, 4) is 11.3 Å². The zero-order valence-electron chi connectivity index (χ0n) is 17.0. The highest BCUT2D eigenvalue weighted by Gasteiger charge is 2.30. The van der Waals surface area contributed by atoms with Crippen molar-refractivity contribution in [1.82, 2.24) is 19.6 Å². The van der Waals surface area contributed by atoms with Crippen LogP contribution < -0.4 is 10.6 Å². The van der Waals surface area contributed by atoms with Gasteiger partial charge >= 0.3 is 0 Å². The largest absolute Gasteiger partial charge is 0.377 e. The molecule has 2 N–H and O–H groups in total.